The molecule has 0 amide bonds. The van der Waals surface area contributed by atoms with Crippen LogP contribution in [0.4, 0.5) is 5.82 Å². The third-order valence-electron chi connectivity index (χ3n) is 5.53. The van der Waals surface area contributed by atoms with E-state index in [4.69, 9.17) is 4.74 Å². The van der Waals surface area contributed by atoms with E-state index in [9.17, 15) is 15.3 Å². The SMILES string of the molecule is CNc1nc(-c2cnn(Cc3ccccc3)c2)nc2c1ncn2[C@@H]1O[C@H](CO)[C@@H](O)[C@H]1O. The number of fused-ring (bicyclic) bond motifs is 1. The Bertz CT molecular complexity index is 1230. The average Bonchev–Trinajstić information content (AvgIpc) is 3.52. The van der Waals surface area contributed by atoms with E-state index >= 15 is 0 Å². The van der Waals surface area contributed by atoms with Gasteiger partial charge in [-0.3, -0.25) is 9.25 Å². The van der Waals surface area contributed by atoms with Gasteiger partial charge in [0.2, 0.25) is 0 Å². The first kappa shape index (κ1) is 20.5. The van der Waals surface area contributed by atoms with Crippen LogP contribution in [-0.2, 0) is 11.3 Å². The van der Waals surface area contributed by atoms with Gasteiger partial charge in [-0.05, 0) is 5.56 Å². The molecule has 0 unspecified atom stereocenters. The Labute approximate surface area is 183 Å². The molecule has 11 heteroatoms. The maximum absolute atomic E-state index is 10.4. The second kappa shape index (κ2) is 8.28. The lowest BCUT2D eigenvalue weighted by molar-refractivity contribution is -0.0511. The van der Waals surface area contributed by atoms with Crippen LogP contribution in [0.25, 0.3) is 22.6 Å². The van der Waals surface area contributed by atoms with Crippen molar-refractivity contribution in [2.75, 3.05) is 19.0 Å². The second-order valence-electron chi connectivity index (χ2n) is 7.61. The highest BCUT2D eigenvalue weighted by atomic mass is 16.6. The van der Waals surface area contributed by atoms with Crippen LogP contribution in [0.2, 0.25) is 0 Å². The molecule has 32 heavy (non-hydrogen) atoms. The molecule has 4 aromatic rings. The summed E-state index contributed by atoms with van der Waals surface area (Å²) in [6, 6.07) is 9.99. The van der Waals surface area contributed by atoms with Crippen molar-refractivity contribution in [3.63, 3.8) is 0 Å². The summed E-state index contributed by atoms with van der Waals surface area (Å²) < 4.78 is 9.00. The van der Waals surface area contributed by atoms with Gasteiger partial charge in [0, 0.05) is 13.2 Å². The molecule has 4 heterocycles. The zero-order valence-electron chi connectivity index (χ0n) is 17.3. The number of nitrogens with zero attached hydrogens (tertiary/aromatic N) is 6. The van der Waals surface area contributed by atoms with Crippen LogP contribution in [-0.4, -0.2) is 76.6 Å². The summed E-state index contributed by atoms with van der Waals surface area (Å²) in [7, 11) is 1.73. The number of anilines is 1. The fraction of sp³-hybridized carbons (Fsp3) is 0.333. The van der Waals surface area contributed by atoms with Gasteiger partial charge in [-0.2, -0.15) is 5.10 Å². The Hall–Kier alpha value is -3.38. The Balaban J connectivity index is 1.52. The van der Waals surface area contributed by atoms with Gasteiger partial charge in [0.25, 0.3) is 0 Å². The molecule has 0 bridgehead atoms. The van der Waals surface area contributed by atoms with Crippen molar-refractivity contribution in [3.05, 3.63) is 54.6 Å². The topological polar surface area (TPSA) is 143 Å². The monoisotopic (exact) mass is 437 g/mol. The number of hydrogen-bond donors (Lipinski definition) is 4. The molecule has 1 aromatic carbocycles. The zero-order valence-corrected chi connectivity index (χ0v) is 17.3. The van der Waals surface area contributed by atoms with E-state index in [0.29, 0.717) is 34.9 Å². The van der Waals surface area contributed by atoms with Crippen LogP contribution in [0, 0.1) is 0 Å². The summed E-state index contributed by atoms with van der Waals surface area (Å²) in [6.45, 7) is 0.201. The maximum atomic E-state index is 10.4. The van der Waals surface area contributed by atoms with Gasteiger partial charge in [-0.15, -0.1) is 0 Å². The van der Waals surface area contributed by atoms with Crippen molar-refractivity contribution >= 4 is 17.0 Å². The molecule has 1 saturated heterocycles. The summed E-state index contributed by atoms with van der Waals surface area (Å²) in [5.41, 5.74) is 2.75. The fourth-order valence-electron chi connectivity index (χ4n) is 3.85. The number of aliphatic hydroxyl groups is 3. The number of aliphatic hydroxyl groups excluding tert-OH is 3. The zero-order chi connectivity index (χ0) is 22.2. The van der Waals surface area contributed by atoms with E-state index in [1.807, 2.05) is 36.5 Å². The summed E-state index contributed by atoms with van der Waals surface area (Å²) in [5, 5.41) is 37.4. The minimum atomic E-state index is -1.24. The largest absolute Gasteiger partial charge is 0.394 e. The number of aromatic nitrogens is 6. The van der Waals surface area contributed by atoms with Crippen LogP contribution in [0.1, 0.15) is 11.8 Å². The molecule has 0 spiro atoms. The lowest BCUT2D eigenvalue weighted by Gasteiger charge is -2.16. The third-order valence-corrected chi connectivity index (χ3v) is 5.53. The van der Waals surface area contributed by atoms with Crippen LogP contribution in [0.15, 0.2) is 49.1 Å². The number of rotatable bonds is 6. The number of hydrogen-bond acceptors (Lipinski definition) is 9. The lowest BCUT2D eigenvalue weighted by atomic mass is 10.1. The Morgan fingerprint density at radius 1 is 1.12 bits per heavy atom. The molecule has 11 nitrogen and oxygen atoms in total. The predicted molar refractivity (Wildman–Crippen MR) is 115 cm³/mol. The molecule has 1 fully saturated rings. The highest BCUT2D eigenvalue weighted by Crippen LogP contribution is 2.33. The first-order valence-corrected chi connectivity index (χ1v) is 10.2. The molecule has 0 aliphatic carbocycles. The minimum Gasteiger partial charge on any atom is -0.394 e. The van der Waals surface area contributed by atoms with Crippen LogP contribution >= 0.6 is 0 Å². The van der Waals surface area contributed by atoms with Crippen LogP contribution < -0.4 is 5.32 Å². The Morgan fingerprint density at radius 2 is 1.94 bits per heavy atom. The normalized spacial score (nSPS) is 23.1. The van der Waals surface area contributed by atoms with Crippen molar-refractivity contribution in [1.82, 2.24) is 29.3 Å². The molecule has 166 valence electrons. The van der Waals surface area contributed by atoms with Crippen molar-refractivity contribution < 1.29 is 20.1 Å². The molecule has 1 aliphatic heterocycles. The van der Waals surface area contributed by atoms with E-state index in [1.165, 1.54) is 6.33 Å². The highest BCUT2D eigenvalue weighted by molar-refractivity contribution is 5.85. The first-order chi connectivity index (χ1) is 15.6. The van der Waals surface area contributed by atoms with E-state index in [2.05, 4.69) is 25.4 Å². The standard InChI is InChI=1S/C21H23N7O4/c1-22-19-15-20(28(11-23-15)21-17(31)16(30)14(10-29)32-21)26-18(25-19)13-7-24-27(9-13)8-12-5-3-2-4-6-12/h2-7,9,11,14,16-17,21,29-31H,8,10H2,1H3,(H,22,25,26)/t14-,16-,17-,21-/m1/s1. The Morgan fingerprint density at radius 3 is 2.66 bits per heavy atom. The maximum Gasteiger partial charge on any atom is 0.168 e. The van der Waals surface area contributed by atoms with Gasteiger partial charge < -0.3 is 25.4 Å². The summed E-state index contributed by atoms with van der Waals surface area (Å²) in [4.78, 5) is 13.6. The smallest absolute Gasteiger partial charge is 0.168 e. The summed E-state index contributed by atoms with van der Waals surface area (Å²) in [6.07, 6.45) is 0.730. The molecule has 4 atom stereocenters. The molecule has 0 saturated carbocycles. The van der Waals surface area contributed by atoms with Gasteiger partial charge in [-0.1, -0.05) is 30.3 Å². The van der Waals surface area contributed by atoms with Gasteiger partial charge in [0.15, 0.2) is 29.0 Å². The van der Waals surface area contributed by atoms with Crippen molar-refractivity contribution in [2.45, 2.75) is 31.1 Å². The molecule has 5 rings (SSSR count). The van der Waals surface area contributed by atoms with Crippen LogP contribution in [0.5, 0.6) is 0 Å². The minimum absolute atomic E-state index is 0.413. The van der Waals surface area contributed by atoms with E-state index in [1.54, 1.807) is 22.5 Å². The average molecular weight is 437 g/mol. The molecule has 3 aromatic heterocycles. The summed E-state index contributed by atoms with van der Waals surface area (Å²) in [5.74, 6) is 0.931. The quantitative estimate of drug-likeness (QED) is 0.337. The third kappa shape index (κ3) is 3.50. The number of imidazole rings is 1. The van der Waals surface area contributed by atoms with Gasteiger partial charge >= 0.3 is 0 Å². The van der Waals surface area contributed by atoms with Crippen LogP contribution in [0.3, 0.4) is 0 Å². The molecular weight excluding hydrogens is 414 g/mol. The summed E-state index contributed by atoms with van der Waals surface area (Å²) >= 11 is 0. The van der Waals surface area contributed by atoms with Gasteiger partial charge in [-0.25, -0.2) is 15.0 Å². The number of ether oxygens (including phenoxy) is 1. The van der Waals surface area contributed by atoms with Gasteiger partial charge in [0.05, 0.1) is 31.2 Å². The van der Waals surface area contributed by atoms with E-state index in [-0.39, 0.29) is 0 Å². The van der Waals surface area contributed by atoms with E-state index < -0.39 is 31.1 Å². The lowest BCUT2D eigenvalue weighted by Crippen LogP contribution is -2.33. The van der Waals surface area contributed by atoms with Crippen molar-refractivity contribution in [1.29, 1.82) is 0 Å². The van der Waals surface area contributed by atoms with E-state index in [0.717, 1.165) is 5.56 Å². The second-order valence-corrected chi connectivity index (χ2v) is 7.61. The Kier molecular flexibility index (Phi) is 5.31. The molecular formula is C21H23N7O4. The van der Waals surface area contributed by atoms with Crippen molar-refractivity contribution in [3.8, 4) is 11.4 Å². The fourth-order valence-corrected chi connectivity index (χ4v) is 3.85. The molecule has 0 radical (unpaired) electrons. The highest BCUT2D eigenvalue weighted by Gasteiger charge is 2.44. The van der Waals surface area contributed by atoms with Crippen molar-refractivity contribution in [2.24, 2.45) is 0 Å². The molecule has 4 N–H and O–H groups in total. The first-order valence-electron chi connectivity index (χ1n) is 10.2. The predicted octanol–water partition coefficient (Wildman–Crippen LogP) is 0.391. The number of nitrogens with one attached hydrogen (secondary N) is 1. The molecule has 1 aliphatic rings. The number of benzene rings is 1. The van der Waals surface area contributed by atoms with Gasteiger partial charge in [0.1, 0.15) is 18.3 Å².